The molecule has 0 aliphatic carbocycles. The molecule has 2 heterocycles. The average Bonchev–Trinajstić information content (AvgIpc) is 3.34. The highest BCUT2D eigenvalue weighted by Crippen LogP contribution is 2.46. The molecule has 0 atom stereocenters. The molecule has 1 aliphatic rings. The minimum atomic E-state index is -4.27. The van der Waals surface area contributed by atoms with Crippen molar-refractivity contribution in [3.05, 3.63) is 98.0 Å². The van der Waals surface area contributed by atoms with E-state index in [0.717, 1.165) is 33.2 Å². The third-order valence-corrected chi connectivity index (χ3v) is 9.64. The third kappa shape index (κ3) is 6.62. The Balaban J connectivity index is 0.000000257. The Morgan fingerprint density at radius 1 is 1.05 bits per heavy atom. The van der Waals surface area contributed by atoms with Gasteiger partial charge >= 0.3 is 0 Å². The van der Waals surface area contributed by atoms with Crippen molar-refractivity contribution in [1.29, 1.82) is 0 Å². The van der Waals surface area contributed by atoms with Crippen LogP contribution in [0.5, 0.6) is 0 Å². The van der Waals surface area contributed by atoms with Crippen molar-refractivity contribution < 1.29 is 17.5 Å². The summed E-state index contributed by atoms with van der Waals surface area (Å²) in [7, 11) is -0.0836. The van der Waals surface area contributed by atoms with Crippen LogP contribution in [0.3, 0.4) is 0 Å². The van der Waals surface area contributed by atoms with E-state index in [2.05, 4.69) is 54.8 Å². The molecule has 198 valence electrons. The van der Waals surface area contributed by atoms with E-state index < -0.39 is 10.1 Å². The van der Waals surface area contributed by atoms with Gasteiger partial charge in [0.25, 0.3) is 5.01 Å². The molecular weight excluding hydrogens is 579 g/mol. The average molecular weight is 606 g/mol. The Morgan fingerprint density at radius 2 is 1.71 bits per heavy atom. The lowest BCUT2D eigenvalue weighted by Crippen LogP contribution is -2.29. The molecule has 5 nitrogen and oxygen atoms in total. The predicted octanol–water partition coefficient (Wildman–Crippen LogP) is 7.81. The number of fused-ring (bicyclic) bond motifs is 2. The zero-order valence-electron chi connectivity index (χ0n) is 21.2. The maximum Gasteiger partial charge on any atom is 0.262 e. The van der Waals surface area contributed by atoms with Crippen LogP contribution in [0.2, 0.25) is 10.0 Å². The number of thiazole rings is 1. The van der Waals surface area contributed by atoms with Crippen molar-refractivity contribution in [1.82, 2.24) is 0 Å². The standard InChI is InChI=1S/C21H19Cl2N2S2.C7H8O3S/c1-4-13(9-20-24(2)16-11-14(22)5-7-18(16)26-20)10-21-25(3)17-12-15(23)6-8-19(17)27-21;1-6-2-4-7(5-3-6)11(8,9)10/h5-12H,4H2,1-3H3;2-5H,1H3,(H,8,9,10)/q+1;/p-1. The van der Waals surface area contributed by atoms with Crippen molar-refractivity contribution in [2.45, 2.75) is 30.1 Å². The summed E-state index contributed by atoms with van der Waals surface area (Å²) in [5.74, 6) is 0. The topological polar surface area (TPSA) is 64.3 Å². The lowest BCUT2D eigenvalue weighted by molar-refractivity contribution is -0.642. The number of halogens is 2. The Morgan fingerprint density at radius 3 is 2.37 bits per heavy atom. The minimum Gasteiger partial charge on any atom is -0.744 e. The Hall–Kier alpha value is -2.33. The summed E-state index contributed by atoms with van der Waals surface area (Å²) >= 11 is 15.9. The predicted molar refractivity (Wildman–Crippen MR) is 159 cm³/mol. The number of thioether (sulfide) groups is 1. The molecule has 1 aliphatic heterocycles. The molecule has 0 saturated carbocycles. The molecule has 10 heteroatoms. The first-order valence-corrected chi connectivity index (χ1v) is 15.5. The molecule has 0 unspecified atom stereocenters. The van der Waals surface area contributed by atoms with Gasteiger partial charge in [0.05, 0.1) is 15.6 Å². The maximum atomic E-state index is 10.4. The van der Waals surface area contributed by atoms with Crippen LogP contribution in [0.25, 0.3) is 16.3 Å². The van der Waals surface area contributed by atoms with Crippen molar-refractivity contribution in [2.75, 3.05) is 11.9 Å². The van der Waals surface area contributed by atoms with Gasteiger partial charge in [0.2, 0.25) is 5.52 Å². The highest BCUT2D eigenvalue weighted by molar-refractivity contribution is 8.03. The minimum absolute atomic E-state index is 0.178. The Bertz CT molecular complexity index is 1660. The zero-order valence-corrected chi connectivity index (χ0v) is 25.2. The summed E-state index contributed by atoms with van der Waals surface area (Å²) < 4.78 is 34.6. The lowest BCUT2D eigenvalue weighted by atomic mass is 10.2. The molecule has 4 aromatic rings. The van der Waals surface area contributed by atoms with E-state index in [1.165, 1.54) is 37.3 Å². The molecule has 0 radical (unpaired) electrons. The number of anilines is 1. The molecule has 0 fully saturated rings. The van der Waals surface area contributed by atoms with E-state index in [4.69, 9.17) is 23.2 Å². The van der Waals surface area contributed by atoms with Gasteiger partial charge in [-0.25, -0.2) is 8.42 Å². The number of aryl methyl sites for hydroxylation is 2. The second kappa shape index (κ2) is 11.8. The van der Waals surface area contributed by atoms with Gasteiger partial charge in [-0.05, 0) is 67.5 Å². The van der Waals surface area contributed by atoms with Gasteiger partial charge in [0.15, 0.2) is 0 Å². The normalized spacial score (nSPS) is 14.6. The van der Waals surface area contributed by atoms with Crippen molar-refractivity contribution in [3.63, 3.8) is 0 Å². The number of benzene rings is 3. The van der Waals surface area contributed by atoms with Crippen LogP contribution in [-0.2, 0) is 17.2 Å². The van der Waals surface area contributed by atoms with Crippen LogP contribution in [0.1, 0.15) is 23.9 Å². The fourth-order valence-electron chi connectivity index (χ4n) is 3.80. The monoisotopic (exact) mass is 604 g/mol. The quantitative estimate of drug-likeness (QED) is 0.175. The first kappa shape index (κ1) is 28.7. The summed E-state index contributed by atoms with van der Waals surface area (Å²) in [5, 5.41) is 3.97. The van der Waals surface area contributed by atoms with Crippen molar-refractivity contribution >= 4 is 78.4 Å². The van der Waals surface area contributed by atoms with E-state index in [0.29, 0.717) is 0 Å². The van der Waals surface area contributed by atoms with Gasteiger partial charge in [-0.3, -0.25) is 0 Å². The second-order valence-electron chi connectivity index (χ2n) is 8.71. The summed E-state index contributed by atoms with van der Waals surface area (Å²) in [6.07, 6.45) is 5.51. The molecular formula is C28H26Cl2N2O3S3. The SMILES string of the molecule is CCC(=Cc1sc2ccc(Cl)cc2[n+]1C)C=C1Sc2ccc(Cl)cc2N1C.Cc1ccc(S(=O)(=O)[O-])cc1. The Kier molecular flexibility index (Phi) is 8.92. The van der Waals surface area contributed by atoms with Crippen LogP contribution in [-0.4, -0.2) is 20.0 Å². The van der Waals surface area contributed by atoms with Gasteiger partial charge in [-0.1, -0.05) is 70.9 Å². The molecule has 5 rings (SSSR count). The summed E-state index contributed by atoms with van der Waals surface area (Å²) in [4.78, 5) is 3.27. The van der Waals surface area contributed by atoms with Crippen LogP contribution in [0, 0.1) is 6.92 Å². The molecule has 1 aromatic heterocycles. The van der Waals surface area contributed by atoms with Crippen LogP contribution < -0.4 is 9.47 Å². The van der Waals surface area contributed by atoms with Crippen molar-refractivity contribution in [3.8, 4) is 0 Å². The van der Waals surface area contributed by atoms with Gasteiger partial charge in [0.1, 0.15) is 21.9 Å². The first-order chi connectivity index (χ1) is 18.0. The van der Waals surface area contributed by atoms with Crippen molar-refractivity contribution in [2.24, 2.45) is 7.05 Å². The third-order valence-electron chi connectivity index (χ3n) is 5.99. The molecule has 38 heavy (non-hydrogen) atoms. The number of allylic oxidation sites excluding steroid dienone is 2. The van der Waals surface area contributed by atoms with Gasteiger partial charge in [-0.2, -0.15) is 4.57 Å². The number of hydrogen-bond acceptors (Lipinski definition) is 6. The number of nitrogens with zero attached hydrogens (tertiary/aromatic N) is 2. The van der Waals surface area contributed by atoms with E-state index >= 15 is 0 Å². The fraction of sp³-hybridized carbons (Fsp3) is 0.179. The van der Waals surface area contributed by atoms with Crippen LogP contribution in [0.4, 0.5) is 5.69 Å². The largest absolute Gasteiger partial charge is 0.744 e. The maximum absolute atomic E-state index is 10.4. The molecule has 0 N–H and O–H groups in total. The highest BCUT2D eigenvalue weighted by Gasteiger charge is 2.23. The van der Waals surface area contributed by atoms with E-state index in [1.807, 2.05) is 31.2 Å². The fourth-order valence-corrected chi connectivity index (χ4v) is 6.81. The Labute approximate surface area is 241 Å². The lowest BCUT2D eigenvalue weighted by Gasteiger charge is -2.14. The number of rotatable bonds is 4. The zero-order chi connectivity index (χ0) is 27.6. The van der Waals surface area contributed by atoms with Gasteiger partial charge in [0, 0.05) is 34.1 Å². The van der Waals surface area contributed by atoms with Gasteiger partial charge in [-0.15, -0.1) is 0 Å². The van der Waals surface area contributed by atoms with Crippen LogP contribution >= 0.6 is 46.3 Å². The highest BCUT2D eigenvalue weighted by atomic mass is 35.5. The number of hydrogen-bond donors (Lipinski definition) is 0. The molecule has 0 spiro atoms. The second-order valence-corrected chi connectivity index (χ2v) is 13.1. The van der Waals surface area contributed by atoms with Gasteiger partial charge < -0.3 is 9.45 Å². The number of aromatic nitrogens is 1. The van der Waals surface area contributed by atoms with E-state index in [1.54, 1.807) is 35.2 Å². The first-order valence-electron chi connectivity index (χ1n) is 11.7. The molecule has 0 saturated heterocycles. The smallest absolute Gasteiger partial charge is 0.262 e. The van der Waals surface area contributed by atoms with E-state index in [9.17, 15) is 13.0 Å². The summed E-state index contributed by atoms with van der Waals surface area (Å²) in [6, 6.07) is 17.9. The summed E-state index contributed by atoms with van der Waals surface area (Å²) in [5.41, 5.74) is 4.54. The van der Waals surface area contributed by atoms with Crippen LogP contribution in [0.15, 0.2) is 87.1 Å². The molecule has 3 aromatic carbocycles. The molecule has 0 bridgehead atoms. The van der Waals surface area contributed by atoms with E-state index in [-0.39, 0.29) is 4.90 Å². The summed E-state index contributed by atoms with van der Waals surface area (Å²) in [6.45, 7) is 4.01. The molecule has 0 amide bonds.